The summed E-state index contributed by atoms with van der Waals surface area (Å²) in [4.78, 5) is 21.8. The third-order valence-electron chi connectivity index (χ3n) is 4.30. The number of rotatable bonds is 6. The van der Waals surface area contributed by atoms with Gasteiger partial charge < -0.3 is 19.7 Å². The van der Waals surface area contributed by atoms with Gasteiger partial charge in [-0.1, -0.05) is 0 Å². The molecule has 0 spiro atoms. The lowest BCUT2D eigenvalue weighted by molar-refractivity contribution is -0.153. The zero-order valence-corrected chi connectivity index (χ0v) is 9.92. The van der Waals surface area contributed by atoms with Crippen LogP contribution >= 0.6 is 0 Å². The molecule has 1 saturated carbocycles. The molecule has 0 aromatic rings. The van der Waals surface area contributed by atoms with Gasteiger partial charge in [0.25, 0.3) is 0 Å². The lowest BCUT2D eigenvalue weighted by Gasteiger charge is -2.23. The van der Waals surface area contributed by atoms with Crippen molar-refractivity contribution in [2.75, 3.05) is 0 Å². The van der Waals surface area contributed by atoms with E-state index in [0.29, 0.717) is 12.8 Å². The Bertz CT molecular complexity index is 397. The van der Waals surface area contributed by atoms with Crippen molar-refractivity contribution < 1.29 is 29.3 Å². The van der Waals surface area contributed by atoms with Gasteiger partial charge in [0.15, 0.2) is 0 Å². The van der Waals surface area contributed by atoms with Gasteiger partial charge in [0.1, 0.15) is 0 Å². The van der Waals surface area contributed by atoms with Gasteiger partial charge in [-0.15, -0.1) is 0 Å². The average molecular weight is 256 g/mol. The van der Waals surface area contributed by atoms with Gasteiger partial charge in [-0.25, -0.2) is 0 Å². The topological polar surface area (TPSA) is 99.7 Å². The molecule has 3 aliphatic rings. The Labute approximate surface area is 104 Å². The minimum absolute atomic E-state index is 0.0103. The van der Waals surface area contributed by atoms with Gasteiger partial charge >= 0.3 is 11.9 Å². The summed E-state index contributed by atoms with van der Waals surface area (Å²) in [5.41, 5.74) is 0. The molecular formula is C12H16O6. The van der Waals surface area contributed by atoms with Gasteiger partial charge in [-0.05, 0) is 25.7 Å². The molecule has 3 rings (SSSR count). The third-order valence-corrected chi connectivity index (χ3v) is 4.30. The Morgan fingerprint density at radius 3 is 2.67 bits per heavy atom. The SMILES string of the molecule is O=C(O)CCCC(C(=O)O)C1CCCC23OC12O3. The summed E-state index contributed by atoms with van der Waals surface area (Å²) in [6, 6.07) is 0. The largest absolute Gasteiger partial charge is 0.481 e. The highest BCUT2D eigenvalue weighted by Crippen LogP contribution is 2.77. The van der Waals surface area contributed by atoms with E-state index < -0.39 is 29.4 Å². The Hall–Kier alpha value is -1.14. The lowest BCUT2D eigenvalue weighted by Crippen LogP contribution is -2.32. The lowest BCUT2D eigenvalue weighted by atomic mass is 9.77. The summed E-state index contributed by atoms with van der Waals surface area (Å²) < 4.78 is 11.0. The third kappa shape index (κ3) is 1.55. The minimum atomic E-state index is -0.888. The molecule has 6 heteroatoms. The summed E-state index contributed by atoms with van der Waals surface area (Å²) in [7, 11) is 0. The number of epoxide rings is 2. The zero-order chi connectivity index (χ0) is 13.0. The monoisotopic (exact) mass is 256 g/mol. The highest BCUT2D eigenvalue weighted by atomic mass is 17.0. The fourth-order valence-electron chi connectivity index (χ4n) is 3.34. The molecule has 100 valence electrons. The normalized spacial score (nSPS) is 41.4. The first-order chi connectivity index (χ1) is 8.51. The Morgan fingerprint density at radius 1 is 1.33 bits per heavy atom. The highest BCUT2D eigenvalue weighted by molar-refractivity contribution is 5.71. The van der Waals surface area contributed by atoms with Crippen LogP contribution in [-0.4, -0.2) is 33.7 Å². The Balaban J connectivity index is 1.63. The summed E-state index contributed by atoms with van der Waals surface area (Å²) in [6.07, 6.45) is 3.31. The molecule has 0 amide bonds. The van der Waals surface area contributed by atoms with Crippen LogP contribution in [0.15, 0.2) is 0 Å². The van der Waals surface area contributed by atoms with Crippen LogP contribution < -0.4 is 0 Å². The number of carboxylic acid groups (broad SMARTS) is 2. The maximum atomic E-state index is 11.3. The van der Waals surface area contributed by atoms with Crippen molar-refractivity contribution in [3.05, 3.63) is 0 Å². The van der Waals surface area contributed by atoms with E-state index in [2.05, 4.69) is 0 Å². The van der Waals surface area contributed by atoms with Crippen molar-refractivity contribution in [3.63, 3.8) is 0 Å². The fraction of sp³-hybridized carbons (Fsp3) is 0.833. The van der Waals surface area contributed by atoms with Crippen LogP contribution in [0.3, 0.4) is 0 Å². The summed E-state index contributed by atoms with van der Waals surface area (Å²) in [5, 5.41) is 17.9. The predicted molar refractivity (Wildman–Crippen MR) is 57.6 cm³/mol. The minimum Gasteiger partial charge on any atom is -0.481 e. The second-order valence-corrected chi connectivity index (χ2v) is 5.35. The molecule has 2 heterocycles. The number of hydrogen-bond acceptors (Lipinski definition) is 4. The first kappa shape index (κ1) is 11.9. The standard InChI is InChI=1S/C12H16O6/c13-9(14)5-1-3-7(10(15)16)8-4-2-6-11-12(8,17-11)18-11/h7-8H,1-6H2,(H,13,14)(H,15,16). The molecule has 2 unspecified atom stereocenters. The molecule has 2 aliphatic heterocycles. The van der Waals surface area contributed by atoms with Crippen molar-refractivity contribution >= 4 is 11.9 Å². The molecule has 1 aliphatic carbocycles. The van der Waals surface area contributed by atoms with Gasteiger partial charge in [-0.2, -0.15) is 0 Å². The highest BCUT2D eigenvalue weighted by Gasteiger charge is 2.94. The molecular weight excluding hydrogens is 240 g/mol. The van der Waals surface area contributed by atoms with Crippen LogP contribution in [-0.2, 0) is 19.1 Å². The maximum Gasteiger partial charge on any atom is 0.306 e. The van der Waals surface area contributed by atoms with Gasteiger partial charge in [0.05, 0.1) is 5.92 Å². The summed E-state index contributed by atoms with van der Waals surface area (Å²) in [5.74, 6) is -3.54. The van der Waals surface area contributed by atoms with E-state index in [1.54, 1.807) is 0 Å². The second-order valence-electron chi connectivity index (χ2n) is 5.35. The van der Waals surface area contributed by atoms with E-state index in [1.807, 2.05) is 0 Å². The Kier molecular flexibility index (Phi) is 2.44. The van der Waals surface area contributed by atoms with E-state index in [9.17, 15) is 14.7 Å². The van der Waals surface area contributed by atoms with Crippen LogP contribution in [0.4, 0.5) is 0 Å². The van der Waals surface area contributed by atoms with Gasteiger partial charge in [-0.3, -0.25) is 9.59 Å². The van der Waals surface area contributed by atoms with Crippen LogP contribution in [0.5, 0.6) is 0 Å². The number of hydrogen-bond donors (Lipinski definition) is 2. The molecule has 0 radical (unpaired) electrons. The smallest absolute Gasteiger partial charge is 0.306 e. The van der Waals surface area contributed by atoms with Crippen LogP contribution in [0.1, 0.15) is 38.5 Å². The van der Waals surface area contributed by atoms with Crippen molar-refractivity contribution in [2.24, 2.45) is 11.8 Å². The number of carboxylic acids is 2. The number of ether oxygens (including phenoxy) is 2. The molecule has 0 bridgehead atoms. The van der Waals surface area contributed by atoms with Crippen molar-refractivity contribution in [2.45, 2.75) is 50.1 Å². The maximum absolute atomic E-state index is 11.3. The molecule has 2 saturated heterocycles. The molecule has 2 atom stereocenters. The predicted octanol–water partition coefficient (Wildman–Crippen LogP) is 1.20. The Morgan fingerprint density at radius 2 is 2.06 bits per heavy atom. The van der Waals surface area contributed by atoms with E-state index in [-0.39, 0.29) is 12.3 Å². The second kappa shape index (κ2) is 3.68. The summed E-state index contributed by atoms with van der Waals surface area (Å²) >= 11 is 0. The van der Waals surface area contributed by atoms with Crippen LogP contribution in [0.2, 0.25) is 0 Å². The first-order valence-electron chi connectivity index (χ1n) is 6.36. The molecule has 2 N–H and O–H groups in total. The molecule has 0 aromatic heterocycles. The van der Waals surface area contributed by atoms with Crippen molar-refractivity contribution in [1.29, 1.82) is 0 Å². The fourth-order valence-corrected chi connectivity index (χ4v) is 3.34. The van der Waals surface area contributed by atoms with Crippen molar-refractivity contribution in [1.82, 2.24) is 0 Å². The molecule has 0 aromatic carbocycles. The van der Waals surface area contributed by atoms with Crippen LogP contribution in [0, 0.1) is 11.8 Å². The van der Waals surface area contributed by atoms with Crippen molar-refractivity contribution in [3.8, 4) is 0 Å². The van der Waals surface area contributed by atoms with Gasteiger partial charge in [0.2, 0.25) is 11.6 Å². The first-order valence-corrected chi connectivity index (χ1v) is 6.36. The zero-order valence-electron chi connectivity index (χ0n) is 9.92. The van der Waals surface area contributed by atoms with Gasteiger partial charge in [0, 0.05) is 18.8 Å². The quantitative estimate of drug-likeness (QED) is 0.692. The number of aliphatic carboxylic acids is 2. The molecule has 3 fully saturated rings. The average Bonchev–Trinajstić information content (AvgIpc) is 3.08. The van der Waals surface area contributed by atoms with E-state index in [4.69, 9.17) is 14.6 Å². The van der Waals surface area contributed by atoms with E-state index in [0.717, 1.165) is 19.3 Å². The summed E-state index contributed by atoms with van der Waals surface area (Å²) in [6.45, 7) is 0. The molecule has 18 heavy (non-hydrogen) atoms. The van der Waals surface area contributed by atoms with Crippen LogP contribution in [0.25, 0.3) is 0 Å². The van der Waals surface area contributed by atoms with E-state index in [1.165, 1.54) is 0 Å². The van der Waals surface area contributed by atoms with E-state index >= 15 is 0 Å². The number of carbonyl (C=O) groups is 2. The molecule has 6 nitrogen and oxygen atoms in total.